The van der Waals surface area contributed by atoms with Crippen LogP contribution in [0.2, 0.25) is 0 Å². The van der Waals surface area contributed by atoms with Gasteiger partial charge in [-0.15, -0.1) is 0 Å². The Kier molecular flexibility index (Phi) is 1.83. The van der Waals surface area contributed by atoms with Crippen LogP contribution in [0.4, 0.5) is 0 Å². The lowest BCUT2D eigenvalue weighted by Gasteiger charge is -2.25. The molecule has 2 aliphatic carbocycles. The van der Waals surface area contributed by atoms with Crippen molar-refractivity contribution in [3.8, 4) is 0 Å². The largest absolute Gasteiger partial charge is 0.469 e. The van der Waals surface area contributed by atoms with Gasteiger partial charge < -0.3 is 10.5 Å². The average Bonchev–Trinajstić information content (AvgIpc) is 2.63. The zero-order chi connectivity index (χ0) is 8.72. The Morgan fingerprint density at radius 2 is 2.08 bits per heavy atom. The number of hydrogen-bond donors (Lipinski definition) is 1. The van der Waals surface area contributed by atoms with Gasteiger partial charge in [-0.05, 0) is 31.1 Å². The molecule has 0 aromatic rings. The van der Waals surface area contributed by atoms with Crippen molar-refractivity contribution in [2.45, 2.75) is 25.3 Å². The predicted octanol–water partition coefficient (Wildman–Crippen LogP) is 0.533. The van der Waals surface area contributed by atoms with Crippen LogP contribution < -0.4 is 5.73 Å². The van der Waals surface area contributed by atoms with Gasteiger partial charge in [0.15, 0.2) is 0 Å². The summed E-state index contributed by atoms with van der Waals surface area (Å²) in [5.74, 6) is 0.986. The van der Waals surface area contributed by atoms with Crippen molar-refractivity contribution in [1.29, 1.82) is 0 Å². The number of carbonyl (C=O) groups is 1. The molecule has 0 aromatic carbocycles. The molecular formula is C9H15NO2. The third-order valence-electron chi connectivity index (χ3n) is 3.45. The van der Waals surface area contributed by atoms with Gasteiger partial charge in [0.2, 0.25) is 0 Å². The molecule has 0 saturated heterocycles. The van der Waals surface area contributed by atoms with Gasteiger partial charge >= 0.3 is 5.97 Å². The van der Waals surface area contributed by atoms with Crippen LogP contribution in [-0.4, -0.2) is 19.1 Å². The molecule has 68 valence electrons. The summed E-state index contributed by atoms with van der Waals surface area (Å²) < 4.78 is 4.74. The Labute approximate surface area is 72.3 Å². The maximum absolute atomic E-state index is 11.3. The molecule has 2 saturated carbocycles. The molecule has 0 aromatic heterocycles. The molecule has 4 atom stereocenters. The van der Waals surface area contributed by atoms with E-state index in [-0.39, 0.29) is 17.9 Å². The highest BCUT2D eigenvalue weighted by atomic mass is 16.5. The number of ether oxygens (including phenoxy) is 1. The van der Waals surface area contributed by atoms with Crippen LogP contribution in [0.25, 0.3) is 0 Å². The quantitative estimate of drug-likeness (QED) is 0.583. The molecule has 0 unspecified atom stereocenters. The first-order valence-corrected chi connectivity index (χ1v) is 4.57. The maximum Gasteiger partial charge on any atom is 0.310 e. The Balaban J connectivity index is 2.12. The van der Waals surface area contributed by atoms with Crippen molar-refractivity contribution >= 4 is 5.97 Å². The summed E-state index contributed by atoms with van der Waals surface area (Å²) in [6.07, 6.45) is 3.51. The Bertz CT molecular complexity index is 203. The van der Waals surface area contributed by atoms with Gasteiger partial charge in [-0.2, -0.15) is 0 Å². The lowest BCUT2D eigenvalue weighted by molar-refractivity contribution is -0.147. The Hall–Kier alpha value is -0.570. The lowest BCUT2D eigenvalue weighted by Crippen LogP contribution is -2.40. The van der Waals surface area contributed by atoms with E-state index in [1.54, 1.807) is 0 Å². The van der Waals surface area contributed by atoms with E-state index in [0.717, 1.165) is 12.8 Å². The lowest BCUT2D eigenvalue weighted by atomic mass is 9.85. The van der Waals surface area contributed by atoms with Crippen molar-refractivity contribution in [3.05, 3.63) is 0 Å². The first kappa shape index (κ1) is 8.05. The van der Waals surface area contributed by atoms with Gasteiger partial charge in [-0.25, -0.2) is 0 Å². The van der Waals surface area contributed by atoms with Gasteiger partial charge in [0.25, 0.3) is 0 Å². The zero-order valence-corrected chi connectivity index (χ0v) is 7.32. The van der Waals surface area contributed by atoms with E-state index >= 15 is 0 Å². The summed E-state index contributed by atoms with van der Waals surface area (Å²) in [5, 5.41) is 0. The fraction of sp³-hybridized carbons (Fsp3) is 0.889. The Morgan fingerprint density at radius 3 is 2.58 bits per heavy atom. The van der Waals surface area contributed by atoms with E-state index < -0.39 is 0 Å². The summed E-state index contributed by atoms with van der Waals surface area (Å²) in [4.78, 5) is 11.3. The number of esters is 1. The highest BCUT2D eigenvalue weighted by Crippen LogP contribution is 2.47. The number of hydrogen-bond acceptors (Lipinski definition) is 3. The fourth-order valence-electron chi connectivity index (χ4n) is 2.82. The van der Waals surface area contributed by atoms with Crippen molar-refractivity contribution in [1.82, 2.24) is 0 Å². The van der Waals surface area contributed by atoms with Gasteiger partial charge in [0, 0.05) is 6.04 Å². The molecule has 0 spiro atoms. The van der Waals surface area contributed by atoms with Gasteiger partial charge in [-0.3, -0.25) is 4.79 Å². The Morgan fingerprint density at radius 1 is 1.42 bits per heavy atom. The first-order chi connectivity index (χ1) is 5.74. The first-order valence-electron chi connectivity index (χ1n) is 4.57. The van der Waals surface area contributed by atoms with Crippen LogP contribution in [0.1, 0.15) is 19.3 Å². The van der Waals surface area contributed by atoms with Crippen LogP contribution in [0.5, 0.6) is 0 Å². The number of carbonyl (C=O) groups excluding carboxylic acids is 1. The third kappa shape index (κ3) is 0.959. The molecule has 0 amide bonds. The molecule has 0 aliphatic heterocycles. The maximum atomic E-state index is 11.3. The summed E-state index contributed by atoms with van der Waals surface area (Å²) >= 11 is 0. The van der Waals surface area contributed by atoms with Gasteiger partial charge in [-0.1, -0.05) is 0 Å². The standard InChI is InChI=1S/C9H15NO2/c1-12-9(11)7-5-2-3-6(4-5)8(7)10/h5-8H,2-4,10H2,1H3/t5-,6-,7-,8-/m0/s1. The molecule has 3 heteroatoms. The molecule has 2 N–H and O–H groups in total. The van der Waals surface area contributed by atoms with Crippen molar-refractivity contribution < 1.29 is 9.53 Å². The number of fused-ring (bicyclic) bond motifs is 2. The molecule has 2 fully saturated rings. The average molecular weight is 169 g/mol. The summed E-state index contributed by atoms with van der Waals surface area (Å²) in [6, 6.07) is 0.0659. The molecule has 3 nitrogen and oxygen atoms in total. The zero-order valence-electron chi connectivity index (χ0n) is 7.32. The van der Waals surface area contributed by atoms with E-state index in [1.165, 1.54) is 13.5 Å². The topological polar surface area (TPSA) is 52.3 Å². The molecule has 2 rings (SSSR count). The summed E-state index contributed by atoms with van der Waals surface area (Å²) in [5.41, 5.74) is 5.94. The SMILES string of the molecule is COC(=O)[C@H]1[C@H]2CC[C@@H](C2)[C@@H]1N. The monoisotopic (exact) mass is 169 g/mol. The van der Waals surface area contributed by atoms with E-state index in [1.807, 2.05) is 0 Å². The van der Waals surface area contributed by atoms with E-state index in [0.29, 0.717) is 11.8 Å². The highest BCUT2D eigenvalue weighted by molar-refractivity contribution is 5.74. The highest BCUT2D eigenvalue weighted by Gasteiger charge is 2.49. The minimum atomic E-state index is -0.102. The van der Waals surface area contributed by atoms with Crippen LogP contribution in [0.3, 0.4) is 0 Å². The fourth-order valence-corrected chi connectivity index (χ4v) is 2.82. The van der Waals surface area contributed by atoms with Crippen molar-refractivity contribution in [2.24, 2.45) is 23.5 Å². The molecule has 12 heavy (non-hydrogen) atoms. The van der Waals surface area contributed by atoms with E-state index in [4.69, 9.17) is 10.5 Å². The third-order valence-corrected chi connectivity index (χ3v) is 3.45. The van der Waals surface area contributed by atoms with Crippen LogP contribution >= 0.6 is 0 Å². The number of rotatable bonds is 1. The second-order valence-corrected chi connectivity index (χ2v) is 3.96. The van der Waals surface area contributed by atoms with Gasteiger partial charge in [0.1, 0.15) is 0 Å². The smallest absolute Gasteiger partial charge is 0.310 e. The van der Waals surface area contributed by atoms with Gasteiger partial charge in [0.05, 0.1) is 13.0 Å². The van der Waals surface area contributed by atoms with Crippen molar-refractivity contribution in [2.75, 3.05) is 7.11 Å². The minimum Gasteiger partial charge on any atom is -0.469 e. The van der Waals surface area contributed by atoms with Crippen molar-refractivity contribution in [3.63, 3.8) is 0 Å². The number of methoxy groups -OCH3 is 1. The van der Waals surface area contributed by atoms with E-state index in [2.05, 4.69) is 0 Å². The molecule has 0 heterocycles. The number of nitrogens with two attached hydrogens (primary N) is 1. The molecule has 0 radical (unpaired) electrons. The molecule has 2 aliphatic rings. The normalized spacial score (nSPS) is 44.8. The summed E-state index contributed by atoms with van der Waals surface area (Å²) in [7, 11) is 1.45. The van der Waals surface area contributed by atoms with Crippen LogP contribution in [-0.2, 0) is 9.53 Å². The second kappa shape index (κ2) is 2.73. The predicted molar refractivity (Wildman–Crippen MR) is 44.3 cm³/mol. The molecule has 2 bridgehead atoms. The second-order valence-electron chi connectivity index (χ2n) is 3.96. The molecular weight excluding hydrogens is 154 g/mol. The minimum absolute atomic E-state index is 0.00579. The van der Waals surface area contributed by atoms with E-state index in [9.17, 15) is 4.79 Å². The van der Waals surface area contributed by atoms with Crippen LogP contribution in [0, 0.1) is 17.8 Å². The summed E-state index contributed by atoms with van der Waals surface area (Å²) in [6.45, 7) is 0. The van der Waals surface area contributed by atoms with Crippen LogP contribution in [0.15, 0.2) is 0 Å².